The maximum absolute atomic E-state index is 11.8. The van der Waals surface area contributed by atoms with Crippen molar-refractivity contribution in [3.8, 4) is 11.4 Å². The van der Waals surface area contributed by atoms with E-state index in [1.807, 2.05) is 24.3 Å². The molecule has 0 unspecified atom stereocenters. The lowest BCUT2D eigenvalue weighted by Crippen LogP contribution is -2.12. The average Bonchev–Trinajstić information content (AvgIpc) is 3.04. The third-order valence-corrected chi connectivity index (χ3v) is 3.08. The summed E-state index contributed by atoms with van der Waals surface area (Å²) in [5, 5.41) is 9.70. The van der Waals surface area contributed by atoms with E-state index >= 15 is 0 Å². The number of H-pyrrole nitrogens is 1. The van der Waals surface area contributed by atoms with Crippen molar-refractivity contribution in [3.05, 3.63) is 42.7 Å². The van der Waals surface area contributed by atoms with E-state index in [9.17, 15) is 4.79 Å². The first kappa shape index (κ1) is 16.9. The van der Waals surface area contributed by atoms with Crippen molar-refractivity contribution < 1.29 is 9.53 Å². The highest BCUT2D eigenvalue weighted by molar-refractivity contribution is 5.90. The zero-order valence-corrected chi connectivity index (χ0v) is 12.9. The molecule has 1 heterocycles. The Bertz CT molecular complexity index is 636. The third kappa shape index (κ3) is 5.32. The molecule has 0 aliphatic carbocycles. The number of benzene rings is 1. The zero-order valence-electron chi connectivity index (χ0n) is 12.9. The summed E-state index contributed by atoms with van der Waals surface area (Å²) < 4.78 is 5.24. The van der Waals surface area contributed by atoms with Crippen LogP contribution in [0.4, 0.5) is 5.69 Å². The highest BCUT2D eigenvalue weighted by atomic mass is 16.5. The number of nitrogens with two attached hydrogens (primary N) is 1. The van der Waals surface area contributed by atoms with Crippen LogP contribution in [0.15, 0.2) is 36.9 Å². The van der Waals surface area contributed by atoms with Crippen molar-refractivity contribution in [2.75, 3.05) is 18.5 Å². The van der Waals surface area contributed by atoms with E-state index < -0.39 is 0 Å². The maximum Gasteiger partial charge on any atom is 0.224 e. The number of hydrogen-bond acceptors (Lipinski definition) is 5. The second-order valence-electron chi connectivity index (χ2n) is 4.90. The molecule has 2 aromatic rings. The summed E-state index contributed by atoms with van der Waals surface area (Å²) in [6.45, 7) is 4.94. The summed E-state index contributed by atoms with van der Waals surface area (Å²) in [6, 6.07) is 7.35. The smallest absolute Gasteiger partial charge is 0.224 e. The fourth-order valence-electron chi connectivity index (χ4n) is 1.94. The molecule has 1 aromatic heterocycles. The van der Waals surface area contributed by atoms with E-state index in [1.54, 1.807) is 6.08 Å². The molecule has 0 bridgehead atoms. The molecule has 23 heavy (non-hydrogen) atoms. The van der Waals surface area contributed by atoms with Crippen molar-refractivity contribution in [2.24, 2.45) is 5.73 Å². The minimum atomic E-state index is -0.0386. The standard InChI is InChI=1S/C16H21N5O2/c1-2-9-23-10-3-4-15(22)18-13-7-5-12(6-8-13)16-19-14(11-17)20-21-16/h2,5-8H,1,3-4,9-11,17H2,(H,18,22)(H,19,20,21). The van der Waals surface area contributed by atoms with Crippen molar-refractivity contribution >= 4 is 11.6 Å². The van der Waals surface area contributed by atoms with Crippen LogP contribution in [-0.4, -0.2) is 34.3 Å². The molecular formula is C16H21N5O2. The number of nitrogens with one attached hydrogen (secondary N) is 2. The molecule has 0 spiro atoms. The Hall–Kier alpha value is -2.51. The van der Waals surface area contributed by atoms with Gasteiger partial charge in [0.05, 0.1) is 13.2 Å². The SMILES string of the molecule is C=CCOCCCC(=O)Nc1ccc(-c2n[nH]c(CN)n2)cc1. The second-order valence-corrected chi connectivity index (χ2v) is 4.90. The summed E-state index contributed by atoms with van der Waals surface area (Å²) in [7, 11) is 0. The number of carbonyl (C=O) groups is 1. The topological polar surface area (TPSA) is 106 Å². The Kier molecular flexibility index (Phi) is 6.46. The van der Waals surface area contributed by atoms with Gasteiger partial charge in [0.2, 0.25) is 5.91 Å². The molecule has 0 radical (unpaired) electrons. The molecule has 1 amide bonds. The van der Waals surface area contributed by atoms with Crippen LogP contribution in [0, 0.1) is 0 Å². The summed E-state index contributed by atoms with van der Waals surface area (Å²) in [6.07, 6.45) is 2.78. The van der Waals surface area contributed by atoms with Crippen LogP contribution in [0.1, 0.15) is 18.7 Å². The molecule has 7 heteroatoms. The van der Waals surface area contributed by atoms with Crippen molar-refractivity contribution in [1.82, 2.24) is 15.2 Å². The zero-order chi connectivity index (χ0) is 16.5. The van der Waals surface area contributed by atoms with Crippen LogP contribution in [0.2, 0.25) is 0 Å². The summed E-state index contributed by atoms with van der Waals surface area (Å²) in [5.41, 5.74) is 7.09. The van der Waals surface area contributed by atoms with Gasteiger partial charge in [-0.2, -0.15) is 5.10 Å². The highest BCUT2D eigenvalue weighted by Crippen LogP contribution is 2.18. The Balaban J connectivity index is 1.82. The van der Waals surface area contributed by atoms with E-state index in [0.717, 1.165) is 11.3 Å². The molecule has 0 aliphatic rings. The molecule has 0 aliphatic heterocycles. The normalized spacial score (nSPS) is 10.5. The maximum atomic E-state index is 11.8. The number of amides is 1. The summed E-state index contributed by atoms with van der Waals surface area (Å²) in [4.78, 5) is 16.1. The van der Waals surface area contributed by atoms with Crippen LogP contribution >= 0.6 is 0 Å². The first-order valence-electron chi connectivity index (χ1n) is 7.43. The lowest BCUT2D eigenvalue weighted by Gasteiger charge is -2.06. The van der Waals surface area contributed by atoms with Gasteiger partial charge in [-0.15, -0.1) is 6.58 Å². The number of carbonyl (C=O) groups excluding carboxylic acids is 1. The first-order chi connectivity index (χ1) is 11.2. The van der Waals surface area contributed by atoms with Gasteiger partial charge in [0.15, 0.2) is 5.82 Å². The van der Waals surface area contributed by atoms with Crippen molar-refractivity contribution in [3.63, 3.8) is 0 Å². The van der Waals surface area contributed by atoms with E-state index in [0.29, 0.717) is 44.2 Å². The lowest BCUT2D eigenvalue weighted by atomic mass is 10.2. The van der Waals surface area contributed by atoms with Gasteiger partial charge in [0.25, 0.3) is 0 Å². The largest absolute Gasteiger partial charge is 0.377 e. The van der Waals surface area contributed by atoms with Crippen LogP contribution < -0.4 is 11.1 Å². The van der Waals surface area contributed by atoms with Crippen LogP contribution in [-0.2, 0) is 16.1 Å². The molecule has 0 atom stereocenters. The van der Waals surface area contributed by atoms with Crippen molar-refractivity contribution in [2.45, 2.75) is 19.4 Å². The van der Waals surface area contributed by atoms with Gasteiger partial charge in [-0.3, -0.25) is 9.89 Å². The minimum Gasteiger partial charge on any atom is -0.377 e. The predicted molar refractivity (Wildman–Crippen MR) is 88.6 cm³/mol. The fraction of sp³-hybridized carbons (Fsp3) is 0.312. The molecule has 0 fully saturated rings. The predicted octanol–water partition coefficient (Wildman–Crippen LogP) is 1.85. The molecule has 4 N–H and O–H groups in total. The fourth-order valence-corrected chi connectivity index (χ4v) is 1.94. The van der Waals surface area contributed by atoms with Gasteiger partial charge in [0.1, 0.15) is 5.82 Å². The van der Waals surface area contributed by atoms with E-state index in [-0.39, 0.29) is 5.91 Å². The molecule has 122 valence electrons. The Morgan fingerprint density at radius 1 is 1.39 bits per heavy atom. The summed E-state index contributed by atoms with van der Waals surface area (Å²) >= 11 is 0. The average molecular weight is 315 g/mol. The van der Waals surface area contributed by atoms with Crippen LogP contribution in [0.3, 0.4) is 0 Å². The van der Waals surface area contributed by atoms with Gasteiger partial charge in [0, 0.05) is 24.3 Å². The number of nitrogens with zero attached hydrogens (tertiary/aromatic N) is 2. The number of aromatic nitrogens is 3. The third-order valence-electron chi connectivity index (χ3n) is 3.08. The van der Waals surface area contributed by atoms with Crippen LogP contribution in [0.5, 0.6) is 0 Å². The Morgan fingerprint density at radius 3 is 2.83 bits per heavy atom. The molecule has 7 nitrogen and oxygen atoms in total. The number of ether oxygens (including phenoxy) is 1. The van der Waals surface area contributed by atoms with Gasteiger partial charge >= 0.3 is 0 Å². The number of rotatable bonds is 9. The Labute approximate surface area is 135 Å². The number of hydrogen-bond donors (Lipinski definition) is 3. The number of anilines is 1. The van der Waals surface area contributed by atoms with E-state index in [2.05, 4.69) is 27.1 Å². The van der Waals surface area contributed by atoms with Crippen molar-refractivity contribution in [1.29, 1.82) is 0 Å². The first-order valence-corrected chi connectivity index (χ1v) is 7.43. The number of aromatic amines is 1. The second kappa shape index (κ2) is 8.82. The minimum absolute atomic E-state index is 0.0386. The monoisotopic (exact) mass is 315 g/mol. The van der Waals surface area contributed by atoms with Gasteiger partial charge in [-0.25, -0.2) is 4.98 Å². The molecule has 0 saturated carbocycles. The quantitative estimate of drug-likeness (QED) is 0.484. The van der Waals surface area contributed by atoms with Gasteiger partial charge in [-0.1, -0.05) is 6.08 Å². The lowest BCUT2D eigenvalue weighted by molar-refractivity contribution is -0.116. The highest BCUT2D eigenvalue weighted by Gasteiger charge is 2.06. The molecular weight excluding hydrogens is 294 g/mol. The molecule has 2 rings (SSSR count). The van der Waals surface area contributed by atoms with Crippen LogP contribution in [0.25, 0.3) is 11.4 Å². The van der Waals surface area contributed by atoms with E-state index in [1.165, 1.54) is 0 Å². The molecule has 0 saturated heterocycles. The Morgan fingerprint density at radius 2 is 2.17 bits per heavy atom. The van der Waals surface area contributed by atoms with Gasteiger partial charge in [-0.05, 0) is 30.7 Å². The van der Waals surface area contributed by atoms with Gasteiger partial charge < -0.3 is 15.8 Å². The summed E-state index contributed by atoms with van der Waals surface area (Å²) in [5.74, 6) is 1.18. The van der Waals surface area contributed by atoms with E-state index in [4.69, 9.17) is 10.5 Å². The molecule has 1 aromatic carbocycles.